The second-order valence-corrected chi connectivity index (χ2v) is 9.95. The van der Waals surface area contributed by atoms with E-state index < -0.39 is 23.2 Å². The number of nitrogens with one attached hydrogen (secondary N) is 1. The summed E-state index contributed by atoms with van der Waals surface area (Å²) in [7, 11) is 3.21. The molecule has 2 atom stereocenters. The molecule has 0 spiro atoms. The van der Waals surface area contributed by atoms with E-state index in [9.17, 15) is 19.2 Å². The van der Waals surface area contributed by atoms with Crippen molar-refractivity contribution in [2.24, 2.45) is 0 Å². The van der Waals surface area contributed by atoms with Gasteiger partial charge in [-0.3, -0.25) is 4.79 Å². The summed E-state index contributed by atoms with van der Waals surface area (Å²) < 4.78 is 19.1. The van der Waals surface area contributed by atoms with Crippen LogP contribution in [0.3, 0.4) is 0 Å². The summed E-state index contributed by atoms with van der Waals surface area (Å²) in [5.41, 5.74) is 2.28. The van der Waals surface area contributed by atoms with E-state index in [4.69, 9.17) is 16.3 Å². The van der Waals surface area contributed by atoms with Gasteiger partial charge in [0.25, 0.3) is 5.91 Å². The number of carbonyl (C=O) groups excluding carboxylic acids is 2. The maximum absolute atomic E-state index is 13.6. The molecule has 1 aromatic heterocycles. The first-order valence-electron chi connectivity index (χ1n) is 12.4. The van der Waals surface area contributed by atoms with Gasteiger partial charge in [0.15, 0.2) is 11.6 Å². The lowest BCUT2D eigenvalue weighted by Crippen LogP contribution is -2.55. The summed E-state index contributed by atoms with van der Waals surface area (Å²) >= 11 is 6.49. The predicted octanol–water partition coefficient (Wildman–Crippen LogP) is 3.61. The first-order chi connectivity index (χ1) is 18.3. The van der Waals surface area contributed by atoms with Gasteiger partial charge in [0.2, 0.25) is 0 Å². The Kier molecular flexibility index (Phi) is 8.17. The number of benzene rings is 1. The Bertz CT molecular complexity index is 1300. The largest absolute Gasteiger partial charge is 0.467 e. The van der Waals surface area contributed by atoms with Crippen LogP contribution in [0, 0.1) is 11.3 Å². The normalized spacial score (nSPS) is 20.8. The quantitative estimate of drug-likeness (QED) is 0.399. The number of amides is 1. The molecule has 1 N–H and O–H groups in total. The van der Waals surface area contributed by atoms with Gasteiger partial charge in [0.05, 0.1) is 42.4 Å². The summed E-state index contributed by atoms with van der Waals surface area (Å²) in [4.78, 5) is 37.5. The maximum atomic E-state index is 13.6. The molecule has 1 aromatic carbocycles. The van der Waals surface area contributed by atoms with Gasteiger partial charge in [-0.25, -0.2) is 4.39 Å². The highest BCUT2D eigenvalue weighted by atomic mass is 35.5. The van der Waals surface area contributed by atoms with Crippen molar-refractivity contribution >= 4 is 35.3 Å². The van der Waals surface area contributed by atoms with Gasteiger partial charge < -0.3 is 24.6 Å². The average molecular weight is 541 g/mol. The van der Waals surface area contributed by atoms with E-state index in [1.807, 2.05) is 23.1 Å². The molecular formula is C27H30ClFN6O3. The number of nitriles is 1. The van der Waals surface area contributed by atoms with E-state index in [2.05, 4.69) is 27.9 Å². The minimum atomic E-state index is -1.06. The Labute approximate surface area is 226 Å². The number of halogens is 2. The van der Waals surface area contributed by atoms with Crippen molar-refractivity contribution in [1.82, 2.24) is 14.9 Å². The second-order valence-electron chi connectivity index (χ2n) is 9.54. The van der Waals surface area contributed by atoms with Crippen molar-refractivity contribution < 1.29 is 18.7 Å². The standard InChI is InChI=1S/C27H30ClFN6O3/c1-17(29)25(37)35-13-12-34(15-18(35)9-11-30)24-23(31-2)22(32-26(33-24)38-3)14-27(16-36)10-5-6-19-20(27)7-4-8-21(19)28/h4,7-8,16,18,31H,1,5-6,9-10,12-15H2,2-3H3. The van der Waals surface area contributed by atoms with E-state index >= 15 is 0 Å². The van der Waals surface area contributed by atoms with E-state index in [-0.39, 0.29) is 25.5 Å². The van der Waals surface area contributed by atoms with Crippen LogP contribution in [0.25, 0.3) is 0 Å². The van der Waals surface area contributed by atoms with Gasteiger partial charge >= 0.3 is 6.01 Å². The highest BCUT2D eigenvalue weighted by Crippen LogP contribution is 2.43. The summed E-state index contributed by atoms with van der Waals surface area (Å²) in [5, 5.41) is 13.2. The summed E-state index contributed by atoms with van der Waals surface area (Å²) in [5.74, 6) is -1.36. The summed E-state index contributed by atoms with van der Waals surface area (Å²) in [6, 6.07) is 7.30. The van der Waals surface area contributed by atoms with Gasteiger partial charge in [-0.05, 0) is 36.5 Å². The van der Waals surface area contributed by atoms with E-state index in [0.29, 0.717) is 41.6 Å². The zero-order valence-corrected chi connectivity index (χ0v) is 22.2. The number of methoxy groups -OCH3 is 1. The number of aromatic nitrogens is 2. The van der Waals surface area contributed by atoms with Crippen LogP contribution in [0.15, 0.2) is 30.6 Å². The Morgan fingerprint density at radius 2 is 2.21 bits per heavy atom. The Balaban J connectivity index is 1.75. The molecule has 2 aromatic rings. The third kappa shape index (κ3) is 5.03. The van der Waals surface area contributed by atoms with E-state index in [1.54, 1.807) is 7.05 Å². The molecule has 1 fully saturated rings. The summed E-state index contributed by atoms with van der Waals surface area (Å²) in [6.45, 7) is 3.89. The topological polar surface area (TPSA) is 111 Å². The minimum Gasteiger partial charge on any atom is -0.467 e. The predicted molar refractivity (Wildman–Crippen MR) is 142 cm³/mol. The third-order valence-electron chi connectivity index (χ3n) is 7.39. The fourth-order valence-electron chi connectivity index (χ4n) is 5.57. The zero-order chi connectivity index (χ0) is 27.4. The van der Waals surface area contributed by atoms with Crippen molar-refractivity contribution in [3.63, 3.8) is 0 Å². The van der Waals surface area contributed by atoms with Gasteiger partial charge in [-0.1, -0.05) is 30.3 Å². The van der Waals surface area contributed by atoms with Crippen LogP contribution in [0.4, 0.5) is 15.9 Å². The zero-order valence-electron chi connectivity index (χ0n) is 21.5. The van der Waals surface area contributed by atoms with Crippen molar-refractivity contribution in [3.8, 4) is 12.1 Å². The Morgan fingerprint density at radius 3 is 2.87 bits per heavy atom. The van der Waals surface area contributed by atoms with Gasteiger partial charge in [-0.15, -0.1) is 0 Å². The molecule has 2 aliphatic rings. The molecular weight excluding hydrogens is 511 g/mol. The van der Waals surface area contributed by atoms with Crippen LogP contribution in [-0.4, -0.2) is 66.9 Å². The lowest BCUT2D eigenvalue weighted by atomic mass is 9.68. The number of ether oxygens (including phenoxy) is 1. The molecule has 1 amide bonds. The van der Waals surface area contributed by atoms with Gasteiger partial charge in [-0.2, -0.15) is 15.2 Å². The highest BCUT2D eigenvalue weighted by Gasteiger charge is 2.40. The van der Waals surface area contributed by atoms with Crippen molar-refractivity contribution in [1.29, 1.82) is 5.26 Å². The highest BCUT2D eigenvalue weighted by molar-refractivity contribution is 6.31. The molecule has 0 saturated carbocycles. The number of hydrogen-bond donors (Lipinski definition) is 1. The molecule has 2 unspecified atom stereocenters. The maximum Gasteiger partial charge on any atom is 0.318 e. The van der Waals surface area contributed by atoms with Crippen LogP contribution in [0.1, 0.15) is 36.1 Å². The lowest BCUT2D eigenvalue weighted by Gasteiger charge is -2.41. The molecule has 2 heterocycles. The number of rotatable bonds is 8. The average Bonchev–Trinajstić information content (AvgIpc) is 2.92. The fraction of sp³-hybridized carbons (Fsp3) is 0.444. The number of anilines is 2. The monoisotopic (exact) mass is 540 g/mol. The Morgan fingerprint density at radius 1 is 1.42 bits per heavy atom. The molecule has 38 heavy (non-hydrogen) atoms. The number of piperazine rings is 1. The fourth-order valence-corrected chi connectivity index (χ4v) is 5.84. The number of aldehydes is 1. The molecule has 1 aliphatic carbocycles. The lowest BCUT2D eigenvalue weighted by molar-refractivity contribution is -0.131. The number of fused-ring (bicyclic) bond motifs is 1. The molecule has 4 rings (SSSR count). The van der Waals surface area contributed by atoms with Crippen LogP contribution in [-0.2, 0) is 27.8 Å². The SMILES string of the molecule is C=C(F)C(=O)N1CCN(c2nc(OC)nc(CC3(C=O)CCCc4c(Cl)cccc43)c2NC)CC1CC#N. The molecule has 1 aliphatic heterocycles. The van der Waals surface area contributed by atoms with E-state index in [0.717, 1.165) is 30.3 Å². The third-order valence-corrected chi connectivity index (χ3v) is 7.75. The van der Waals surface area contributed by atoms with Crippen molar-refractivity contribution in [2.45, 2.75) is 43.6 Å². The first kappa shape index (κ1) is 27.3. The Hall–Kier alpha value is -3.71. The van der Waals surface area contributed by atoms with Gasteiger partial charge in [0.1, 0.15) is 6.29 Å². The van der Waals surface area contributed by atoms with Crippen LogP contribution < -0.4 is 15.0 Å². The van der Waals surface area contributed by atoms with Crippen molar-refractivity contribution in [3.05, 3.63) is 52.4 Å². The van der Waals surface area contributed by atoms with Crippen molar-refractivity contribution in [2.75, 3.05) is 44.0 Å². The first-order valence-corrected chi connectivity index (χ1v) is 12.8. The molecule has 200 valence electrons. The number of carbonyl (C=O) groups is 2. The molecule has 0 radical (unpaired) electrons. The molecule has 11 heteroatoms. The van der Waals surface area contributed by atoms with E-state index in [1.165, 1.54) is 12.0 Å². The van der Waals surface area contributed by atoms with Crippen LogP contribution in [0.5, 0.6) is 6.01 Å². The van der Waals surface area contributed by atoms with Crippen LogP contribution in [0.2, 0.25) is 5.02 Å². The molecule has 1 saturated heterocycles. The van der Waals surface area contributed by atoms with Crippen LogP contribution >= 0.6 is 11.6 Å². The molecule has 9 nitrogen and oxygen atoms in total. The number of nitrogens with zero attached hydrogens (tertiary/aromatic N) is 5. The minimum absolute atomic E-state index is 0.0191. The smallest absolute Gasteiger partial charge is 0.318 e. The van der Waals surface area contributed by atoms with Gasteiger partial charge in [0, 0.05) is 38.1 Å². The summed E-state index contributed by atoms with van der Waals surface area (Å²) in [6.07, 6.45) is 3.57. The number of hydrogen-bond acceptors (Lipinski definition) is 8. The molecule has 0 bridgehead atoms. The second kappa shape index (κ2) is 11.4.